The van der Waals surface area contributed by atoms with E-state index in [1.165, 1.54) is 37.7 Å². The SMILES string of the molecule is CNC(C1=CCCCCC1)c1ccc(Br)cc1. The van der Waals surface area contributed by atoms with Crippen molar-refractivity contribution in [1.29, 1.82) is 0 Å². The molecule has 2 rings (SSSR count). The number of allylic oxidation sites excluding steroid dienone is 1. The fraction of sp³-hybridized carbons (Fsp3) is 0.467. The van der Waals surface area contributed by atoms with Crippen LogP contribution in [0.25, 0.3) is 0 Å². The van der Waals surface area contributed by atoms with Crippen molar-refractivity contribution in [3.05, 3.63) is 46.0 Å². The van der Waals surface area contributed by atoms with Gasteiger partial charge in [-0.3, -0.25) is 0 Å². The summed E-state index contributed by atoms with van der Waals surface area (Å²) in [6, 6.07) is 9.04. The van der Waals surface area contributed by atoms with Gasteiger partial charge in [0.05, 0.1) is 6.04 Å². The molecule has 1 N–H and O–H groups in total. The van der Waals surface area contributed by atoms with E-state index in [2.05, 4.69) is 58.6 Å². The highest BCUT2D eigenvalue weighted by Gasteiger charge is 2.15. The van der Waals surface area contributed by atoms with E-state index in [9.17, 15) is 0 Å². The molecule has 1 nitrogen and oxygen atoms in total. The van der Waals surface area contributed by atoms with Crippen LogP contribution < -0.4 is 5.32 Å². The first-order chi connectivity index (χ1) is 8.31. The van der Waals surface area contributed by atoms with Crippen molar-refractivity contribution in [3.63, 3.8) is 0 Å². The molecule has 0 spiro atoms. The van der Waals surface area contributed by atoms with Gasteiger partial charge in [-0.2, -0.15) is 0 Å². The summed E-state index contributed by atoms with van der Waals surface area (Å²) in [6.07, 6.45) is 8.97. The molecule has 0 radical (unpaired) electrons. The lowest BCUT2D eigenvalue weighted by molar-refractivity contribution is 0.628. The largest absolute Gasteiger partial charge is 0.310 e. The van der Waals surface area contributed by atoms with Gasteiger partial charge in [-0.15, -0.1) is 0 Å². The Morgan fingerprint density at radius 2 is 1.88 bits per heavy atom. The highest BCUT2D eigenvalue weighted by atomic mass is 79.9. The van der Waals surface area contributed by atoms with Crippen molar-refractivity contribution in [2.75, 3.05) is 7.05 Å². The zero-order chi connectivity index (χ0) is 12.1. The predicted molar refractivity (Wildman–Crippen MR) is 77.1 cm³/mol. The first kappa shape index (κ1) is 12.8. The first-order valence-electron chi connectivity index (χ1n) is 6.43. The summed E-state index contributed by atoms with van der Waals surface area (Å²) in [5.74, 6) is 0. The highest BCUT2D eigenvalue weighted by Crippen LogP contribution is 2.29. The van der Waals surface area contributed by atoms with E-state index in [-0.39, 0.29) is 0 Å². The Bertz CT molecular complexity index is 380. The normalized spacial score (nSPS) is 18.4. The van der Waals surface area contributed by atoms with E-state index in [0.717, 1.165) is 4.47 Å². The van der Waals surface area contributed by atoms with Crippen molar-refractivity contribution in [2.24, 2.45) is 0 Å². The zero-order valence-electron chi connectivity index (χ0n) is 10.4. The average molecular weight is 294 g/mol. The van der Waals surface area contributed by atoms with Crippen LogP contribution in [0.1, 0.15) is 43.7 Å². The fourth-order valence-corrected chi connectivity index (χ4v) is 2.79. The Morgan fingerprint density at radius 3 is 2.59 bits per heavy atom. The second kappa shape index (κ2) is 6.36. The van der Waals surface area contributed by atoms with Crippen molar-refractivity contribution in [1.82, 2.24) is 5.32 Å². The Hall–Kier alpha value is -0.600. The Morgan fingerprint density at radius 1 is 1.12 bits per heavy atom. The number of benzene rings is 1. The van der Waals surface area contributed by atoms with Crippen molar-refractivity contribution in [2.45, 2.75) is 38.1 Å². The molecule has 2 heteroatoms. The molecule has 92 valence electrons. The van der Waals surface area contributed by atoms with Crippen LogP contribution in [0.4, 0.5) is 0 Å². The van der Waals surface area contributed by atoms with Crippen LogP contribution >= 0.6 is 15.9 Å². The van der Waals surface area contributed by atoms with Crippen LogP contribution in [0.15, 0.2) is 40.4 Å². The molecule has 1 unspecified atom stereocenters. The molecule has 1 aliphatic rings. The minimum absolute atomic E-state index is 0.390. The van der Waals surface area contributed by atoms with Crippen molar-refractivity contribution < 1.29 is 0 Å². The number of hydrogen-bond acceptors (Lipinski definition) is 1. The van der Waals surface area contributed by atoms with E-state index < -0.39 is 0 Å². The zero-order valence-corrected chi connectivity index (χ0v) is 12.0. The molecule has 1 aromatic rings. The number of halogens is 1. The summed E-state index contributed by atoms with van der Waals surface area (Å²) in [5, 5.41) is 3.45. The third kappa shape index (κ3) is 3.43. The molecule has 0 amide bonds. The summed E-state index contributed by atoms with van der Waals surface area (Å²) in [5.41, 5.74) is 2.93. The van der Waals surface area contributed by atoms with E-state index in [0.29, 0.717) is 6.04 Å². The monoisotopic (exact) mass is 293 g/mol. The van der Waals surface area contributed by atoms with Gasteiger partial charge < -0.3 is 5.32 Å². The van der Waals surface area contributed by atoms with Gasteiger partial charge in [0.2, 0.25) is 0 Å². The maximum Gasteiger partial charge on any atom is 0.0533 e. The van der Waals surface area contributed by atoms with Crippen LogP contribution in [0.5, 0.6) is 0 Å². The highest BCUT2D eigenvalue weighted by molar-refractivity contribution is 9.10. The molecular weight excluding hydrogens is 274 g/mol. The molecule has 1 aliphatic carbocycles. The second-order valence-corrected chi connectivity index (χ2v) is 5.57. The lowest BCUT2D eigenvalue weighted by atomic mass is 9.95. The molecule has 0 bridgehead atoms. The Balaban J connectivity index is 2.20. The molecule has 0 heterocycles. The van der Waals surface area contributed by atoms with E-state index in [1.807, 2.05) is 0 Å². The molecule has 0 saturated carbocycles. The van der Waals surface area contributed by atoms with Gasteiger partial charge in [0.25, 0.3) is 0 Å². The van der Waals surface area contributed by atoms with Gasteiger partial charge in [-0.1, -0.05) is 46.1 Å². The molecule has 0 fully saturated rings. The van der Waals surface area contributed by atoms with Gasteiger partial charge >= 0.3 is 0 Å². The average Bonchev–Trinajstić information content (AvgIpc) is 2.62. The summed E-state index contributed by atoms with van der Waals surface area (Å²) >= 11 is 3.49. The molecule has 0 aliphatic heterocycles. The van der Waals surface area contributed by atoms with Gasteiger partial charge in [0.1, 0.15) is 0 Å². The summed E-state index contributed by atoms with van der Waals surface area (Å²) in [7, 11) is 2.05. The topological polar surface area (TPSA) is 12.0 Å². The summed E-state index contributed by atoms with van der Waals surface area (Å²) < 4.78 is 1.14. The summed E-state index contributed by atoms with van der Waals surface area (Å²) in [4.78, 5) is 0. The molecular formula is C15H20BrN. The number of likely N-dealkylation sites (N-methyl/N-ethyl adjacent to an activating group) is 1. The Kier molecular flexibility index (Phi) is 4.81. The van der Waals surface area contributed by atoms with Gasteiger partial charge in [-0.05, 0) is 50.4 Å². The number of hydrogen-bond donors (Lipinski definition) is 1. The molecule has 1 atom stereocenters. The number of nitrogens with one attached hydrogen (secondary N) is 1. The smallest absolute Gasteiger partial charge is 0.0533 e. The maximum atomic E-state index is 3.49. The third-order valence-electron chi connectivity index (χ3n) is 3.44. The van der Waals surface area contributed by atoms with Crippen molar-refractivity contribution >= 4 is 15.9 Å². The fourth-order valence-electron chi connectivity index (χ4n) is 2.52. The third-order valence-corrected chi connectivity index (χ3v) is 3.97. The van der Waals surface area contributed by atoms with Crippen LogP contribution in [0.3, 0.4) is 0 Å². The quantitative estimate of drug-likeness (QED) is 0.803. The van der Waals surface area contributed by atoms with Gasteiger partial charge in [-0.25, -0.2) is 0 Å². The number of rotatable bonds is 3. The van der Waals surface area contributed by atoms with Gasteiger partial charge in [0, 0.05) is 4.47 Å². The molecule has 0 aromatic heterocycles. The minimum Gasteiger partial charge on any atom is -0.310 e. The standard InChI is InChI=1S/C15H20BrN/c1-17-15(12-6-4-2-3-5-7-12)13-8-10-14(16)11-9-13/h6,8-11,15,17H,2-5,7H2,1H3. The predicted octanol–water partition coefficient (Wildman–Crippen LogP) is 4.60. The first-order valence-corrected chi connectivity index (χ1v) is 7.22. The van der Waals surface area contributed by atoms with Gasteiger partial charge in [0.15, 0.2) is 0 Å². The van der Waals surface area contributed by atoms with E-state index in [1.54, 1.807) is 5.57 Å². The van der Waals surface area contributed by atoms with E-state index >= 15 is 0 Å². The van der Waals surface area contributed by atoms with Crippen LogP contribution in [0.2, 0.25) is 0 Å². The van der Waals surface area contributed by atoms with Crippen LogP contribution in [0, 0.1) is 0 Å². The summed E-state index contributed by atoms with van der Waals surface area (Å²) in [6.45, 7) is 0. The van der Waals surface area contributed by atoms with Crippen molar-refractivity contribution in [3.8, 4) is 0 Å². The lowest BCUT2D eigenvalue weighted by Crippen LogP contribution is -2.18. The minimum atomic E-state index is 0.390. The molecule has 17 heavy (non-hydrogen) atoms. The maximum absolute atomic E-state index is 3.49. The van der Waals surface area contributed by atoms with Crippen LogP contribution in [-0.2, 0) is 0 Å². The van der Waals surface area contributed by atoms with Crippen LogP contribution in [-0.4, -0.2) is 7.05 Å². The van der Waals surface area contributed by atoms with E-state index in [4.69, 9.17) is 0 Å². The lowest BCUT2D eigenvalue weighted by Gasteiger charge is -2.20. The molecule has 1 aromatic carbocycles. The Labute approximate surface area is 112 Å². The second-order valence-electron chi connectivity index (χ2n) is 4.65. The molecule has 0 saturated heterocycles.